The summed E-state index contributed by atoms with van der Waals surface area (Å²) in [6.07, 6.45) is 1.99. The van der Waals surface area contributed by atoms with Gasteiger partial charge in [0.25, 0.3) is 0 Å². The third kappa shape index (κ3) is 2.67. The molecule has 0 amide bonds. The highest BCUT2D eigenvalue weighted by atomic mass is 16.5. The summed E-state index contributed by atoms with van der Waals surface area (Å²) in [5.74, 6) is 1.64. The van der Waals surface area contributed by atoms with Gasteiger partial charge in [-0.3, -0.25) is 0 Å². The van der Waals surface area contributed by atoms with Crippen LogP contribution < -0.4 is 15.2 Å². The number of rotatable bonds is 4. The maximum absolute atomic E-state index is 9.28. The Morgan fingerprint density at radius 1 is 1.27 bits per heavy atom. The molecule has 1 heterocycles. The number of fused-ring (bicyclic) bond motifs is 1. The highest BCUT2D eigenvalue weighted by Crippen LogP contribution is 2.41. The highest BCUT2D eigenvalue weighted by molar-refractivity contribution is 5.77. The zero-order valence-corrected chi connectivity index (χ0v) is 12.7. The van der Waals surface area contributed by atoms with Crippen LogP contribution in [0.4, 0.5) is 0 Å². The van der Waals surface area contributed by atoms with E-state index in [1.165, 1.54) is 5.56 Å². The van der Waals surface area contributed by atoms with Gasteiger partial charge in [0.1, 0.15) is 17.6 Å². The molecule has 0 radical (unpaired) electrons. The van der Waals surface area contributed by atoms with Crippen molar-refractivity contribution < 1.29 is 14.6 Å². The van der Waals surface area contributed by atoms with Crippen LogP contribution in [0.5, 0.6) is 11.5 Å². The van der Waals surface area contributed by atoms with Crippen molar-refractivity contribution in [2.45, 2.75) is 25.6 Å². The van der Waals surface area contributed by atoms with Gasteiger partial charge in [0.2, 0.25) is 0 Å². The minimum atomic E-state index is -0.00468. The number of aliphatic hydroxyl groups is 1. The second kappa shape index (κ2) is 6.38. The van der Waals surface area contributed by atoms with E-state index < -0.39 is 0 Å². The van der Waals surface area contributed by atoms with E-state index in [1.54, 1.807) is 7.11 Å². The average Bonchev–Trinajstić information content (AvgIpc) is 2.60. The second-order valence-electron chi connectivity index (χ2n) is 5.50. The average molecular weight is 299 g/mol. The predicted octanol–water partition coefficient (Wildman–Crippen LogP) is 2.51. The number of aryl methyl sites for hydroxylation is 1. The van der Waals surface area contributed by atoms with E-state index in [-0.39, 0.29) is 12.7 Å². The summed E-state index contributed by atoms with van der Waals surface area (Å²) < 4.78 is 11.6. The molecule has 1 atom stereocenters. The van der Waals surface area contributed by atoms with Gasteiger partial charge in [-0.15, -0.1) is 0 Å². The normalized spacial score (nSPS) is 16.8. The van der Waals surface area contributed by atoms with Crippen LogP contribution in [0.3, 0.4) is 0 Å². The van der Waals surface area contributed by atoms with Crippen LogP contribution in [0, 0.1) is 0 Å². The van der Waals surface area contributed by atoms with Crippen LogP contribution in [0.25, 0.3) is 11.1 Å². The van der Waals surface area contributed by atoms with Crippen LogP contribution in [0.15, 0.2) is 36.4 Å². The molecule has 3 N–H and O–H groups in total. The standard InChI is InChI=1S/C18H21NO3/c1-21-17-9-12(11-20)5-8-15(17)16-4-2-3-13-6-7-14(10-19)22-18(13)16/h2-5,8-9,14,20H,6-7,10-11,19H2,1H3/t14-/m1/s1. The molecule has 3 rings (SSSR count). The lowest BCUT2D eigenvalue weighted by Gasteiger charge is -2.27. The van der Waals surface area contributed by atoms with Crippen molar-refractivity contribution in [1.29, 1.82) is 0 Å². The molecule has 0 aromatic heterocycles. The number of benzene rings is 2. The van der Waals surface area contributed by atoms with Crippen molar-refractivity contribution in [3.63, 3.8) is 0 Å². The quantitative estimate of drug-likeness (QED) is 0.910. The number of para-hydroxylation sites is 1. The Morgan fingerprint density at radius 3 is 2.86 bits per heavy atom. The summed E-state index contributed by atoms with van der Waals surface area (Å²) in [5, 5.41) is 9.28. The summed E-state index contributed by atoms with van der Waals surface area (Å²) in [6.45, 7) is 0.518. The second-order valence-corrected chi connectivity index (χ2v) is 5.50. The highest BCUT2D eigenvalue weighted by Gasteiger charge is 2.23. The first-order valence-electron chi connectivity index (χ1n) is 7.53. The Labute approximate surface area is 130 Å². The monoisotopic (exact) mass is 299 g/mol. The Balaban J connectivity index is 2.09. The fraction of sp³-hybridized carbons (Fsp3) is 0.333. The van der Waals surface area contributed by atoms with E-state index in [9.17, 15) is 5.11 Å². The largest absolute Gasteiger partial charge is 0.496 e. The van der Waals surface area contributed by atoms with Crippen LogP contribution in [-0.2, 0) is 13.0 Å². The third-order valence-electron chi connectivity index (χ3n) is 4.12. The molecule has 22 heavy (non-hydrogen) atoms. The van der Waals surface area contributed by atoms with Crippen molar-refractivity contribution in [3.05, 3.63) is 47.5 Å². The maximum atomic E-state index is 9.28. The summed E-state index contributed by atoms with van der Waals surface area (Å²) in [6, 6.07) is 11.9. The van der Waals surface area contributed by atoms with Gasteiger partial charge in [-0.1, -0.05) is 30.3 Å². The van der Waals surface area contributed by atoms with Gasteiger partial charge < -0.3 is 20.3 Å². The molecule has 0 unspecified atom stereocenters. The van der Waals surface area contributed by atoms with E-state index in [4.69, 9.17) is 15.2 Å². The molecule has 2 aromatic rings. The zero-order valence-electron chi connectivity index (χ0n) is 12.7. The van der Waals surface area contributed by atoms with Gasteiger partial charge >= 0.3 is 0 Å². The van der Waals surface area contributed by atoms with Gasteiger partial charge in [0.05, 0.1) is 13.7 Å². The first-order valence-corrected chi connectivity index (χ1v) is 7.53. The van der Waals surface area contributed by atoms with Crippen molar-refractivity contribution in [2.24, 2.45) is 5.73 Å². The molecule has 2 aromatic carbocycles. The number of hydrogen-bond acceptors (Lipinski definition) is 4. The van der Waals surface area contributed by atoms with Crippen molar-refractivity contribution in [1.82, 2.24) is 0 Å². The number of ether oxygens (including phenoxy) is 2. The molecule has 0 bridgehead atoms. The Kier molecular flexibility index (Phi) is 4.32. The number of hydrogen-bond donors (Lipinski definition) is 2. The SMILES string of the molecule is COc1cc(CO)ccc1-c1cccc2c1O[C@@H](CN)CC2. The first-order chi connectivity index (χ1) is 10.8. The third-order valence-corrected chi connectivity index (χ3v) is 4.12. The molecular formula is C18H21NO3. The molecule has 0 aliphatic carbocycles. The molecule has 1 aliphatic rings. The molecule has 0 saturated heterocycles. The van der Waals surface area contributed by atoms with Gasteiger partial charge in [0, 0.05) is 17.7 Å². The van der Waals surface area contributed by atoms with Crippen molar-refractivity contribution in [2.75, 3.05) is 13.7 Å². The number of aliphatic hydroxyl groups excluding tert-OH is 1. The fourth-order valence-electron chi connectivity index (χ4n) is 2.90. The summed E-state index contributed by atoms with van der Waals surface area (Å²) in [7, 11) is 1.64. The van der Waals surface area contributed by atoms with Crippen LogP contribution in [0.1, 0.15) is 17.5 Å². The van der Waals surface area contributed by atoms with Crippen molar-refractivity contribution in [3.8, 4) is 22.6 Å². The fourth-order valence-corrected chi connectivity index (χ4v) is 2.90. The zero-order chi connectivity index (χ0) is 15.5. The topological polar surface area (TPSA) is 64.7 Å². The Bertz CT molecular complexity index is 669. The van der Waals surface area contributed by atoms with E-state index in [2.05, 4.69) is 6.07 Å². The molecule has 4 heteroatoms. The molecule has 0 fully saturated rings. The van der Waals surface area contributed by atoms with Gasteiger partial charge in [-0.25, -0.2) is 0 Å². The van der Waals surface area contributed by atoms with Crippen LogP contribution >= 0.6 is 0 Å². The molecule has 1 aliphatic heterocycles. The Hall–Kier alpha value is -2.04. The predicted molar refractivity (Wildman–Crippen MR) is 86.1 cm³/mol. The molecule has 0 saturated carbocycles. The minimum absolute atomic E-state index is 0.00468. The lowest BCUT2D eigenvalue weighted by atomic mass is 9.94. The van der Waals surface area contributed by atoms with Gasteiger partial charge in [0.15, 0.2) is 0 Å². The Morgan fingerprint density at radius 2 is 2.14 bits per heavy atom. The molecular weight excluding hydrogens is 278 g/mol. The lowest BCUT2D eigenvalue weighted by molar-refractivity contribution is 0.182. The van der Waals surface area contributed by atoms with E-state index >= 15 is 0 Å². The summed E-state index contributed by atoms with van der Waals surface area (Å²) >= 11 is 0. The van der Waals surface area contributed by atoms with E-state index in [0.717, 1.165) is 41.0 Å². The van der Waals surface area contributed by atoms with Crippen LogP contribution in [-0.4, -0.2) is 24.9 Å². The van der Waals surface area contributed by atoms with E-state index in [0.29, 0.717) is 6.54 Å². The number of methoxy groups -OCH3 is 1. The smallest absolute Gasteiger partial charge is 0.130 e. The van der Waals surface area contributed by atoms with Gasteiger partial charge in [-0.2, -0.15) is 0 Å². The molecule has 0 spiro atoms. The van der Waals surface area contributed by atoms with Crippen molar-refractivity contribution >= 4 is 0 Å². The first kappa shape index (κ1) is 14.9. The van der Waals surface area contributed by atoms with E-state index in [1.807, 2.05) is 30.3 Å². The maximum Gasteiger partial charge on any atom is 0.130 e. The molecule has 116 valence electrons. The van der Waals surface area contributed by atoms with Gasteiger partial charge in [-0.05, 0) is 30.0 Å². The number of nitrogens with two attached hydrogens (primary N) is 1. The lowest BCUT2D eigenvalue weighted by Crippen LogP contribution is -2.30. The summed E-state index contributed by atoms with van der Waals surface area (Å²) in [4.78, 5) is 0. The summed E-state index contributed by atoms with van der Waals surface area (Å²) in [5.41, 5.74) is 9.77. The molecule has 4 nitrogen and oxygen atoms in total. The van der Waals surface area contributed by atoms with Crippen LogP contribution in [0.2, 0.25) is 0 Å². The minimum Gasteiger partial charge on any atom is -0.496 e.